The lowest BCUT2D eigenvalue weighted by Crippen LogP contribution is -2.20. The molecular weight excluding hydrogens is 424 g/mol. The van der Waals surface area contributed by atoms with E-state index in [1.807, 2.05) is 0 Å². The number of ether oxygens (including phenoxy) is 1. The molecule has 3 aromatic rings. The first-order valence-electron chi connectivity index (χ1n) is 9.26. The van der Waals surface area contributed by atoms with Crippen LogP contribution in [0, 0.1) is 17.1 Å². The third-order valence-corrected chi connectivity index (χ3v) is 6.98. The Bertz CT molecular complexity index is 1270. The number of aromatic nitrogens is 3. The third kappa shape index (κ3) is 3.57. The summed E-state index contributed by atoms with van der Waals surface area (Å²) in [7, 11) is -1.03. The highest BCUT2D eigenvalue weighted by Gasteiger charge is 2.34. The highest BCUT2D eigenvalue weighted by molar-refractivity contribution is 7.62. The van der Waals surface area contributed by atoms with Crippen LogP contribution in [-0.2, 0) is 27.3 Å². The Morgan fingerprint density at radius 2 is 2.19 bits per heavy atom. The Balaban J connectivity index is 1.99. The molecule has 1 unspecified atom stereocenters. The monoisotopic (exact) mass is 443 g/mol. The molecule has 3 heterocycles. The van der Waals surface area contributed by atoms with E-state index >= 15 is 0 Å². The maximum absolute atomic E-state index is 14.1. The molecule has 1 aliphatic heterocycles. The lowest BCUT2D eigenvalue weighted by atomic mass is 10.0. The van der Waals surface area contributed by atoms with Crippen molar-refractivity contribution in [3.8, 4) is 22.9 Å². The molecule has 0 radical (unpaired) electrons. The number of hydrogen-bond donors (Lipinski definition) is 1. The largest absolute Gasteiger partial charge is 0.482 e. The quantitative estimate of drug-likeness (QED) is 0.569. The van der Waals surface area contributed by atoms with E-state index < -0.39 is 19.5 Å². The molecule has 0 spiro atoms. The van der Waals surface area contributed by atoms with Crippen LogP contribution in [0.2, 0.25) is 0 Å². The maximum atomic E-state index is 14.1. The van der Waals surface area contributed by atoms with Gasteiger partial charge in [0.05, 0.1) is 11.0 Å². The summed E-state index contributed by atoms with van der Waals surface area (Å²) in [5.41, 5.74) is 7.88. The summed E-state index contributed by atoms with van der Waals surface area (Å²) in [5, 5.41) is 14.1. The molecule has 1 aromatic carbocycles. The minimum Gasteiger partial charge on any atom is -0.482 e. The lowest BCUT2D eigenvalue weighted by molar-refractivity contribution is 0.220. The van der Waals surface area contributed by atoms with E-state index in [9.17, 15) is 14.2 Å². The fraction of sp³-hybridized carbons (Fsp3) is 0.250. The minimum atomic E-state index is -3.89. The van der Waals surface area contributed by atoms with E-state index in [2.05, 4.69) is 16.2 Å². The molecule has 0 fully saturated rings. The number of anilines is 1. The molecule has 0 aliphatic carbocycles. The zero-order chi connectivity index (χ0) is 22.3. The van der Waals surface area contributed by atoms with Crippen LogP contribution in [-0.4, -0.2) is 21.9 Å². The number of rotatable bonds is 1. The van der Waals surface area contributed by atoms with Crippen molar-refractivity contribution in [1.29, 1.82) is 5.26 Å². The van der Waals surface area contributed by atoms with Gasteiger partial charge < -0.3 is 15.0 Å². The first-order valence-corrected chi connectivity index (χ1v) is 10.8. The van der Waals surface area contributed by atoms with Gasteiger partial charge in [0.1, 0.15) is 30.3 Å². The first-order chi connectivity index (χ1) is 14.8. The molecule has 0 saturated heterocycles. The van der Waals surface area contributed by atoms with Crippen molar-refractivity contribution in [2.75, 3.05) is 12.8 Å². The molecule has 31 heavy (non-hydrogen) atoms. The topological polar surface area (TPSA) is 125 Å². The van der Waals surface area contributed by atoms with Crippen LogP contribution >= 0.6 is 7.60 Å². The summed E-state index contributed by atoms with van der Waals surface area (Å²) >= 11 is 0. The number of benzene rings is 1. The number of nitrogens with zero attached hydrogens (tertiary/aromatic N) is 4. The van der Waals surface area contributed by atoms with E-state index in [1.165, 1.54) is 36.2 Å². The predicted molar refractivity (Wildman–Crippen MR) is 110 cm³/mol. The third-order valence-electron chi connectivity index (χ3n) is 5.03. The highest BCUT2D eigenvalue weighted by Crippen LogP contribution is 2.50. The second-order valence-corrected chi connectivity index (χ2v) is 9.03. The minimum absolute atomic E-state index is 0.112. The second kappa shape index (κ2) is 7.78. The van der Waals surface area contributed by atoms with E-state index in [-0.39, 0.29) is 34.7 Å². The Labute approximate surface area is 177 Å². The van der Waals surface area contributed by atoms with Gasteiger partial charge in [-0.3, -0.25) is 13.8 Å². The number of halogens is 1. The van der Waals surface area contributed by atoms with Gasteiger partial charge >= 0.3 is 7.60 Å². The average molecular weight is 443 g/mol. The van der Waals surface area contributed by atoms with Gasteiger partial charge in [-0.2, -0.15) is 10.4 Å². The predicted octanol–water partition coefficient (Wildman–Crippen LogP) is 3.21. The van der Waals surface area contributed by atoms with Gasteiger partial charge in [-0.25, -0.2) is 9.37 Å². The summed E-state index contributed by atoms with van der Waals surface area (Å²) in [6, 6.07) is 7.48. The van der Waals surface area contributed by atoms with Crippen LogP contribution in [0.5, 0.6) is 5.75 Å². The van der Waals surface area contributed by atoms with Crippen molar-refractivity contribution in [1.82, 2.24) is 14.8 Å². The van der Waals surface area contributed by atoms with Crippen LogP contribution in [0.1, 0.15) is 30.0 Å². The van der Waals surface area contributed by atoms with Crippen LogP contribution < -0.4 is 15.8 Å². The molecular formula is C20H19FN5O4P. The van der Waals surface area contributed by atoms with Gasteiger partial charge in [0, 0.05) is 37.0 Å². The fourth-order valence-electron chi connectivity index (χ4n) is 3.52. The smallest absolute Gasteiger partial charge is 0.361 e. The van der Waals surface area contributed by atoms with Crippen molar-refractivity contribution in [2.24, 2.45) is 7.05 Å². The van der Waals surface area contributed by atoms with Crippen molar-refractivity contribution < 1.29 is 22.7 Å². The molecule has 9 nitrogen and oxygen atoms in total. The maximum Gasteiger partial charge on any atom is 0.361 e. The summed E-state index contributed by atoms with van der Waals surface area (Å²) in [6.07, 6.45) is 0.726. The molecule has 2 atom stereocenters. The van der Waals surface area contributed by atoms with Crippen molar-refractivity contribution in [3.63, 3.8) is 0 Å². The zero-order valence-corrected chi connectivity index (χ0v) is 17.9. The van der Waals surface area contributed by atoms with Crippen molar-refractivity contribution in [3.05, 3.63) is 53.2 Å². The number of nitrogen functional groups attached to an aromatic ring is 1. The normalized spacial score (nSPS) is 20.4. The average Bonchev–Trinajstić information content (AvgIpc) is 3.08. The SMILES string of the molecule is COP1(=O)OCc2nn(C)c(C#N)c2-c2cnc(N)c(c2)O[C@H](C)c2cc(F)ccc21. The summed E-state index contributed by atoms with van der Waals surface area (Å²) in [6.45, 7) is 1.44. The fourth-order valence-corrected chi connectivity index (χ4v) is 5.07. The number of pyridine rings is 1. The Morgan fingerprint density at radius 1 is 1.42 bits per heavy atom. The first kappa shape index (κ1) is 21.0. The Morgan fingerprint density at radius 3 is 2.90 bits per heavy atom. The summed E-state index contributed by atoms with van der Waals surface area (Å²) < 4.78 is 46.0. The molecule has 160 valence electrons. The van der Waals surface area contributed by atoms with E-state index in [4.69, 9.17) is 19.5 Å². The number of nitriles is 1. The lowest BCUT2D eigenvalue weighted by Gasteiger charge is -2.24. The standard InChI is InChI=1S/C20H19FN5O4P/c1-11-14-7-13(21)4-5-18(14)31(27,28-3)29-10-15-19(16(8-22)26(2)25-15)12-6-17(30-11)20(23)24-9-12/h4-7,9,11H,10H2,1-3H3,(H2,23,24)/t11-,31?/m1/s1. The van der Waals surface area contributed by atoms with Gasteiger partial charge in [0.25, 0.3) is 0 Å². The Hall–Kier alpha value is -3.25. The molecule has 2 aromatic heterocycles. The molecule has 2 bridgehead atoms. The van der Waals surface area contributed by atoms with Crippen LogP contribution in [0.3, 0.4) is 0 Å². The van der Waals surface area contributed by atoms with Crippen molar-refractivity contribution >= 4 is 18.7 Å². The molecule has 1 aliphatic rings. The molecule has 11 heteroatoms. The van der Waals surface area contributed by atoms with Gasteiger partial charge in [0.15, 0.2) is 11.6 Å². The van der Waals surface area contributed by atoms with E-state index in [0.29, 0.717) is 16.8 Å². The van der Waals surface area contributed by atoms with E-state index in [1.54, 1.807) is 20.0 Å². The van der Waals surface area contributed by atoms with Gasteiger partial charge in [-0.1, -0.05) is 0 Å². The second-order valence-electron chi connectivity index (χ2n) is 6.93. The van der Waals surface area contributed by atoms with Gasteiger partial charge in [-0.05, 0) is 31.2 Å². The number of nitrogens with two attached hydrogens (primary N) is 1. The highest BCUT2D eigenvalue weighted by atomic mass is 31.2. The van der Waals surface area contributed by atoms with Crippen molar-refractivity contribution in [2.45, 2.75) is 19.6 Å². The molecule has 2 N–H and O–H groups in total. The zero-order valence-electron chi connectivity index (χ0n) is 17.0. The van der Waals surface area contributed by atoms with Gasteiger partial charge in [0.2, 0.25) is 0 Å². The number of aryl methyl sites for hydroxylation is 1. The Kier molecular flexibility index (Phi) is 5.27. The molecule has 0 saturated carbocycles. The van der Waals surface area contributed by atoms with Gasteiger partial charge in [-0.15, -0.1) is 0 Å². The van der Waals surface area contributed by atoms with Crippen LogP contribution in [0.25, 0.3) is 11.1 Å². The number of hydrogen-bond acceptors (Lipinski definition) is 8. The number of fused-ring (bicyclic) bond motifs is 5. The van der Waals surface area contributed by atoms with E-state index in [0.717, 1.165) is 0 Å². The molecule has 4 rings (SSSR count). The summed E-state index contributed by atoms with van der Waals surface area (Å²) in [4.78, 5) is 4.18. The van der Waals surface area contributed by atoms with Crippen LogP contribution in [0.4, 0.5) is 10.2 Å². The summed E-state index contributed by atoms with van der Waals surface area (Å²) in [5.74, 6) is -0.192. The van der Waals surface area contributed by atoms with Crippen LogP contribution in [0.15, 0.2) is 30.5 Å². The molecule has 0 amide bonds.